The lowest BCUT2D eigenvalue weighted by Crippen LogP contribution is -2.43. The van der Waals surface area contributed by atoms with Crippen LogP contribution in [-0.4, -0.2) is 67.2 Å². The molecule has 1 aliphatic rings. The number of hydrogen-bond acceptors (Lipinski definition) is 7. The second-order valence-electron chi connectivity index (χ2n) is 6.65. The average molecular weight is 429 g/mol. The van der Waals surface area contributed by atoms with Gasteiger partial charge in [0, 0.05) is 37.4 Å². The van der Waals surface area contributed by atoms with Crippen molar-refractivity contribution in [1.29, 1.82) is 0 Å². The van der Waals surface area contributed by atoms with Crippen LogP contribution in [-0.2, 0) is 26.0 Å². The highest BCUT2D eigenvalue weighted by Crippen LogP contribution is 2.25. The normalized spacial score (nSPS) is 15.8. The molecule has 2 aromatic heterocycles. The predicted molar refractivity (Wildman–Crippen MR) is 107 cm³/mol. The van der Waals surface area contributed by atoms with Gasteiger partial charge < -0.3 is 15.0 Å². The number of aromatic nitrogens is 2. The number of rotatable bonds is 7. The van der Waals surface area contributed by atoms with Crippen LogP contribution in [0.4, 0.5) is 0 Å². The van der Waals surface area contributed by atoms with Gasteiger partial charge in [-0.05, 0) is 19.4 Å². The van der Waals surface area contributed by atoms with E-state index < -0.39 is 10.0 Å². The van der Waals surface area contributed by atoms with Gasteiger partial charge >= 0.3 is 0 Å². The Bertz CT molecular complexity index is 1020. The van der Waals surface area contributed by atoms with Crippen molar-refractivity contribution in [3.05, 3.63) is 26.6 Å². The lowest BCUT2D eigenvalue weighted by Gasteiger charge is -2.26. The molecule has 28 heavy (non-hydrogen) atoms. The third-order valence-electron chi connectivity index (χ3n) is 4.72. The summed E-state index contributed by atoms with van der Waals surface area (Å²) >= 11 is 1.46. The predicted octanol–water partition coefficient (Wildman–Crippen LogP) is 0.312. The number of carbonyl (C=O) groups excluding carboxylic acids is 1. The first kappa shape index (κ1) is 20.9. The largest absolute Gasteiger partial charge is 0.379 e. The van der Waals surface area contributed by atoms with Crippen LogP contribution in [0.2, 0.25) is 0 Å². The van der Waals surface area contributed by atoms with Crippen LogP contribution in [0.1, 0.15) is 22.7 Å². The average Bonchev–Trinajstić information content (AvgIpc) is 2.95. The van der Waals surface area contributed by atoms with E-state index >= 15 is 0 Å². The van der Waals surface area contributed by atoms with Gasteiger partial charge in [-0.1, -0.05) is 0 Å². The summed E-state index contributed by atoms with van der Waals surface area (Å²) in [6.07, 6.45) is 0.401. The molecule has 11 heteroatoms. The van der Waals surface area contributed by atoms with Crippen LogP contribution >= 0.6 is 11.3 Å². The number of thiophene rings is 1. The van der Waals surface area contributed by atoms with Crippen LogP contribution < -0.4 is 10.9 Å². The third kappa shape index (κ3) is 4.77. The summed E-state index contributed by atoms with van der Waals surface area (Å²) in [5, 5.41) is 3.22. The standard InChI is InChI=1S/C17H24N4O5S2/c1-11-12(2)27-17-15(11)16(23)19-13(20-17)3-4-14(22)18-5-10-28(24,25)21-6-8-26-9-7-21/h3-10H2,1-2H3,(H,18,22)(H,19,20,23). The first-order chi connectivity index (χ1) is 13.3. The van der Waals surface area contributed by atoms with E-state index in [1.54, 1.807) is 0 Å². The summed E-state index contributed by atoms with van der Waals surface area (Å²) in [5.74, 6) is 0.0290. The quantitative estimate of drug-likeness (QED) is 0.655. The third-order valence-corrected chi connectivity index (χ3v) is 7.70. The van der Waals surface area contributed by atoms with Gasteiger partial charge in [0.1, 0.15) is 10.7 Å². The molecule has 0 unspecified atom stereocenters. The first-order valence-corrected chi connectivity index (χ1v) is 11.5. The second kappa shape index (κ2) is 8.68. The lowest BCUT2D eigenvalue weighted by atomic mass is 10.2. The molecule has 3 rings (SSSR count). The molecular weight excluding hydrogens is 404 g/mol. The summed E-state index contributed by atoms with van der Waals surface area (Å²) in [6, 6.07) is 0. The monoisotopic (exact) mass is 428 g/mol. The van der Waals surface area contributed by atoms with Gasteiger partial charge in [-0.3, -0.25) is 9.59 Å². The SMILES string of the molecule is Cc1sc2nc(CCC(=O)NCCS(=O)(=O)N3CCOCC3)[nH]c(=O)c2c1C. The molecule has 1 saturated heterocycles. The number of sulfonamides is 1. The van der Waals surface area contributed by atoms with Crippen molar-refractivity contribution in [3.8, 4) is 0 Å². The molecule has 2 N–H and O–H groups in total. The maximum atomic E-state index is 12.2. The van der Waals surface area contributed by atoms with Gasteiger partial charge in [0.05, 0.1) is 24.4 Å². The van der Waals surface area contributed by atoms with E-state index in [0.717, 1.165) is 10.4 Å². The molecule has 9 nitrogen and oxygen atoms in total. The molecule has 0 aliphatic carbocycles. The fourth-order valence-electron chi connectivity index (χ4n) is 3.01. The number of hydrogen-bond donors (Lipinski definition) is 2. The van der Waals surface area contributed by atoms with Crippen molar-refractivity contribution < 1.29 is 17.9 Å². The Morgan fingerprint density at radius 1 is 1.32 bits per heavy atom. The van der Waals surface area contributed by atoms with Gasteiger partial charge in [-0.2, -0.15) is 4.31 Å². The number of aromatic amines is 1. The number of nitrogens with one attached hydrogen (secondary N) is 2. The van der Waals surface area contributed by atoms with Crippen LogP contribution in [0, 0.1) is 13.8 Å². The molecule has 1 fully saturated rings. The number of amides is 1. The van der Waals surface area contributed by atoms with Crippen molar-refractivity contribution in [2.75, 3.05) is 38.6 Å². The zero-order valence-corrected chi connectivity index (χ0v) is 17.5. The summed E-state index contributed by atoms with van der Waals surface area (Å²) in [6.45, 7) is 5.36. The van der Waals surface area contributed by atoms with Crippen LogP contribution in [0.3, 0.4) is 0 Å². The second-order valence-corrected chi connectivity index (χ2v) is 9.95. The van der Waals surface area contributed by atoms with Gasteiger partial charge in [-0.15, -0.1) is 11.3 Å². The van der Waals surface area contributed by atoms with Gasteiger partial charge in [0.2, 0.25) is 15.9 Å². The summed E-state index contributed by atoms with van der Waals surface area (Å²) < 4.78 is 31.0. The molecule has 0 saturated carbocycles. The van der Waals surface area contributed by atoms with Crippen LogP contribution in [0.25, 0.3) is 10.2 Å². The number of carbonyl (C=O) groups is 1. The maximum Gasteiger partial charge on any atom is 0.259 e. The topological polar surface area (TPSA) is 121 Å². The van der Waals surface area contributed by atoms with Gasteiger partial charge in [0.25, 0.3) is 5.56 Å². The molecule has 0 spiro atoms. The van der Waals surface area contributed by atoms with E-state index in [0.29, 0.717) is 42.3 Å². The summed E-state index contributed by atoms with van der Waals surface area (Å²) in [7, 11) is -3.40. The molecule has 0 radical (unpaired) electrons. The zero-order chi connectivity index (χ0) is 20.3. The van der Waals surface area contributed by atoms with Crippen molar-refractivity contribution in [2.45, 2.75) is 26.7 Å². The molecule has 0 aromatic carbocycles. The molecule has 0 bridgehead atoms. The molecule has 0 atom stereocenters. The molecule has 3 heterocycles. The fraction of sp³-hybridized carbons (Fsp3) is 0.588. The van der Waals surface area contributed by atoms with Crippen molar-refractivity contribution in [3.63, 3.8) is 0 Å². The van der Waals surface area contributed by atoms with E-state index in [1.807, 2.05) is 13.8 Å². The molecule has 1 amide bonds. The molecular formula is C17H24N4O5S2. The summed E-state index contributed by atoms with van der Waals surface area (Å²) in [5.41, 5.74) is 0.735. The van der Waals surface area contributed by atoms with E-state index in [2.05, 4.69) is 15.3 Å². The highest BCUT2D eigenvalue weighted by Gasteiger charge is 2.24. The number of H-pyrrole nitrogens is 1. The number of fused-ring (bicyclic) bond motifs is 1. The first-order valence-electron chi connectivity index (χ1n) is 9.09. The Labute approximate surface area is 167 Å². The Morgan fingerprint density at radius 3 is 2.75 bits per heavy atom. The highest BCUT2D eigenvalue weighted by atomic mass is 32.2. The van der Waals surface area contributed by atoms with E-state index in [9.17, 15) is 18.0 Å². The van der Waals surface area contributed by atoms with Gasteiger partial charge in [-0.25, -0.2) is 13.4 Å². The smallest absolute Gasteiger partial charge is 0.259 e. The molecule has 1 aliphatic heterocycles. The number of ether oxygens (including phenoxy) is 1. The van der Waals surface area contributed by atoms with Crippen LogP contribution in [0.15, 0.2) is 4.79 Å². The minimum Gasteiger partial charge on any atom is -0.379 e. The minimum atomic E-state index is -3.40. The van der Waals surface area contributed by atoms with E-state index in [4.69, 9.17) is 4.74 Å². The maximum absolute atomic E-state index is 12.2. The number of nitrogens with zero attached hydrogens (tertiary/aromatic N) is 2. The highest BCUT2D eigenvalue weighted by molar-refractivity contribution is 7.89. The van der Waals surface area contributed by atoms with Gasteiger partial charge in [0.15, 0.2) is 0 Å². The van der Waals surface area contributed by atoms with Crippen molar-refractivity contribution in [2.24, 2.45) is 0 Å². The molecule has 154 valence electrons. The summed E-state index contributed by atoms with van der Waals surface area (Å²) in [4.78, 5) is 33.2. The van der Waals surface area contributed by atoms with Crippen LogP contribution in [0.5, 0.6) is 0 Å². The molecule has 2 aromatic rings. The fourth-order valence-corrected chi connectivity index (χ4v) is 5.38. The number of morpholine rings is 1. The van der Waals surface area contributed by atoms with E-state index in [-0.39, 0.29) is 36.6 Å². The van der Waals surface area contributed by atoms with Crippen molar-refractivity contribution >= 4 is 37.5 Å². The Balaban J connectivity index is 1.50. The minimum absolute atomic E-state index is 0.0464. The van der Waals surface area contributed by atoms with Crippen molar-refractivity contribution in [1.82, 2.24) is 19.6 Å². The Kier molecular flexibility index (Phi) is 6.48. The lowest BCUT2D eigenvalue weighted by molar-refractivity contribution is -0.120. The zero-order valence-electron chi connectivity index (χ0n) is 15.9. The Hall–Kier alpha value is -1.82. The Morgan fingerprint density at radius 2 is 2.04 bits per heavy atom. The number of aryl methyl sites for hydroxylation is 3. The van der Waals surface area contributed by atoms with E-state index in [1.165, 1.54) is 15.6 Å².